The molecule has 1 N–H and O–H groups in total. The maximum absolute atomic E-state index is 12.3. The van der Waals surface area contributed by atoms with Gasteiger partial charge in [-0.3, -0.25) is 9.59 Å². The van der Waals surface area contributed by atoms with Gasteiger partial charge in [-0.05, 0) is 24.1 Å². The summed E-state index contributed by atoms with van der Waals surface area (Å²) in [5, 5.41) is 3.25. The van der Waals surface area contributed by atoms with Crippen LogP contribution in [0.15, 0.2) is 54.6 Å². The summed E-state index contributed by atoms with van der Waals surface area (Å²) in [6, 6.07) is 17.1. The molecule has 6 heteroatoms. The molecule has 2 aromatic carbocycles. The standard InChI is InChI=1S/C21H20N2O3S/c1-14(24)20-19(16-8-4-3-5-9-16)23-21(27-20)22-18(25)12-11-15-7-6-10-17(13-15)26-2/h3-10,13H,11-12H2,1-2H3,(H,22,23,25). The maximum atomic E-state index is 12.3. The van der Waals surface area contributed by atoms with Crippen LogP contribution in [0.4, 0.5) is 5.13 Å². The summed E-state index contributed by atoms with van der Waals surface area (Å²) in [5.41, 5.74) is 2.49. The SMILES string of the molecule is COc1cccc(CCC(=O)Nc2nc(-c3ccccc3)c(C(C)=O)s2)c1. The van der Waals surface area contributed by atoms with E-state index in [1.165, 1.54) is 18.3 Å². The molecule has 1 heterocycles. The van der Waals surface area contributed by atoms with E-state index in [1.807, 2.05) is 54.6 Å². The molecule has 0 radical (unpaired) electrons. The molecular formula is C21H20N2O3S. The third-order valence-electron chi connectivity index (χ3n) is 4.02. The zero-order valence-corrected chi connectivity index (χ0v) is 16.0. The number of methoxy groups -OCH3 is 1. The number of nitrogens with one attached hydrogen (secondary N) is 1. The van der Waals surface area contributed by atoms with Crippen LogP contribution in [0.25, 0.3) is 11.3 Å². The number of nitrogens with zero attached hydrogens (tertiary/aromatic N) is 1. The number of ketones is 1. The van der Waals surface area contributed by atoms with Gasteiger partial charge in [0.2, 0.25) is 5.91 Å². The number of amides is 1. The van der Waals surface area contributed by atoms with Crippen molar-refractivity contribution in [2.45, 2.75) is 19.8 Å². The molecule has 0 unspecified atom stereocenters. The highest BCUT2D eigenvalue weighted by Crippen LogP contribution is 2.31. The number of aromatic nitrogens is 1. The number of aryl methyl sites for hydroxylation is 1. The highest BCUT2D eigenvalue weighted by molar-refractivity contribution is 7.18. The van der Waals surface area contributed by atoms with Gasteiger partial charge in [-0.15, -0.1) is 0 Å². The monoisotopic (exact) mass is 380 g/mol. The second-order valence-corrected chi connectivity index (χ2v) is 7.02. The predicted octanol–water partition coefficient (Wildman–Crippen LogP) is 4.59. The van der Waals surface area contributed by atoms with Gasteiger partial charge in [0.1, 0.15) is 5.75 Å². The minimum Gasteiger partial charge on any atom is -0.497 e. The molecule has 138 valence electrons. The van der Waals surface area contributed by atoms with Crippen molar-refractivity contribution in [3.05, 3.63) is 65.0 Å². The minimum atomic E-state index is -0.138. The first-order valence-electron chi connectivity index (χ1n) is 8.57. The molecule has 0 spiro atoms. The van der Waals surface area contributed by atoms with E-state index >= 15 is 0 Å². The molecule has 1 amide bonds. The molecule has 5 nitrogen and oxygen atoms in total. The predicted molar refractivity (Wildman–Crippen MR) is 107 cm³/mol. The molecular weight excluding hydrogens is 360 g/mol. The fourth-order valence-corrected chi connectivity index (χ4v) is 3.57. The summed E-state index contributed by atoms with van der Waals surface area (Å²) in [6.07, 6.45) is 0.919. The Morgan fingerprint density at radius 3 is 2.59 bits per heavy atom. The lowest BCUT2D eigenvalue weighted by atomic mass is 10.1. The number of carbonyl (C=O) groups is 2. The Hall–Kier alpha value is -2.99. The van der Waals surface area contributed by atoms with Crippen LogP contribution in [-0.4, -0.2) is 23.8 Å². The number of Topliss-reactive ketones (excluding diaryl/α,β-unsaturated/α-hetero) is 1. The molecule has 27 heavy (non-hydrogen) atoms. The zero-order valence-electron chi connectivity index (χ0n) is 15.2. The van der Waals surface area contributed by atoms with E-state index in [-0.39, 0.29) is 11.7 Å². The van der Waals surface area contributed by atoms with Gasteiger partial charge >= 0.3 is 0 Å². The molecule has 1 aromatic heterocycles. The van der Waals surface area contributed by atoms with Crippen LogP contribution in [-0.2, 0) is 11.2 Å². The number of anilines is 1. The summed E-state index contributed by atoms with van der Waals surface area (Å²) >= 11 is 1.21. The van der Waals surface area contributed by atoms with Crippen LogP contribution in [0.5, 0.6) is 5.75 Å². The Kier molecular flexibility index (Phi) is 5.98. The molecule has 3 aromatic rings. The van der Waals surface area contributed by atoms with Crippen molar-refractivity contribution in [1.82, 2.24) is 4.98 Å². The fourth-order valence-electron chi connectivity index (χ4n) is 2.67. The second-order valence-electron chi connectivity index (χ2n) is 6.02. The van der Waals surface area contributed by atoms with E-state index in [4.69, 9.17) is 4.74 Å². The number of rotatable bonds is 7. The second kappa shape index (κ2) is 8.60. The van der Waals surface area contributed by atoms with Gasteiger partial charge in [0, 0.05) is 18.9 Å². The summed E-state index contributed by atoms with van der Waals surface area (Å²) < 4.78 is 5.20. The van der Waals surface area contributed by atoms with Crippen molar-refractivity contribution in [3.63, 3.8) is 0 Å². The van der Waals surface area contributed by atoms with Crippen LogP contribution >= 0.6 is 11.3 Å². The van der Waals surface area contributed by atoms with Crippen LogP contribution < -0.4 is 10.1 Å². The van der Waals surface area contributed by atoms with Gasteiger partial charge in [-0.25, -0.2) is 4.98 Å². The largest absolute Gasteiger partial charge is 0.497 e. The van der Waals surface area contributed by atoms with Crippen LogP contribution in [0.1, 0.15) is 28.6 Å². The molecule has 3 rings (SSSR count). The molecule has 0 aliphatic carbocycles. The maximum Gasteiger partial charge on any atom is 0.226 e. The Balaban J connectivity index is 1.70. The average Bonchev–Trinajstić information content (AvgIpc) is 3.11. The van der Waals surface area contributed by atoms with E-state index in [0.29, 0.717) is 28.5 Å². The number of hydrogen-bond donors (Lipinski definition) is 1. The third kappa shape index (κ3) is 4.80. The van der Waals surface area contributed by atoms with Crippen LogP contribution in [0.3, 0.4) is 0 Å². The average molecular weight is 380 g/mol. The number of hydrogen-bond acceptors (Lipinski definition) is 5. The normalized spacial score (nSPS) is 10.4. The molecule has 0 aliphatic heterocycles. The molecule has 0 saturated heterocycles. The summed E-state index contributed by atoms with van der Waals surface area (Å²) in [6.45, 7) is 1.51. The first kappa shape index (κ1) is 18.8. The number of carbonyl (C=O) groups excluding carboxylic acids is 2. The minimum absolute atomic E-state index is 0.0665. The van der Waals surface area contributed by atoms with Crippen molar-refractivity contribution in [2.24, 2.45) is 0 Å². The quantitative estimate of drug-likeness (QED) is 0.609. The van der Waals surface area contributed by atoms with Gasteiger partial charge in [0.05, 0.1) is 17.7 Å². The van der Waals surface area contributed by atoms with Gasteiger partial charge in [-0.1, -0.05) is 53.8 Å². The first-order chi connectivity index (χ1) is 13.1. The molecule has 0 aliphatic rings. The summed E-state index contributed by atoms with van der Waals surface area (Å²) in [5.74, 6) is 0.566. The Morgan fingerprint density at radius 1 is 1.11 bits per heavy atom. The van der Waals surface area contributed by atoms with E-state index in [1.54, 1.807) is 7.11 Å². The van der Waals surface area contributed by atoms with E-state index in [9.17, 15) is 9.59 Å². The summed E-state index contributed by atoms with van der Waals surface area (Å²) in [7, 11) is 1.62. The Bertz CT molecular complexity index is 951. The van der Waals surface area contributed by atoms with Crippen molar-refractivity contribution in [3.8, 4) is 17.0 Å². The van der Waals surface area contributed by atoms with Gasteiger partial charge in [-0.2, -0.15) is 0 Å². The zero-order chi connectivity index (χ0) is 19.2. The number of benzene rings is 2. The topological polar surface area (TPSA) is 68.3 Å². The lowest BCUT2D eigenvalue weighted by molar-refractivity contribution is -0.116. The van der Waals surface area contributed by atoms with E-state index in [0.717, 1.165) is 16.9 Å². The summed E-state index contributed by atoms with van der Waals surface area (Å²) in [4.78, 5) is 29.3. The first-order valence-corrected chi connectivity index (χ1v) is 9.38. The van der Waals surface area contributed by atoms with Gasteiger partial charge in [0.25, 0.3) is 0 Å². The Morgan fingerprint density at radius 2 is 1.89 bits per heavy atom. The van der Waals surface area contributed by atoms with Crippen LogP contribution in [0.2, 0.25) is 0 Å². The highest BCUT2D eigenvalue weighted by atomic mass is 32.1. The molecule has 0 atom stereocenters. The van der Waals surface area contributed by atoms with Crippen molar-refractivity contribution >= 4 is 28.2 Å². The Labute approximate surface area is 162 Å². The molecule has 0 saturated carbocycles. The lowest BCUT2D eigenvalue weighted by Crippen LogP contribution is -2.12. The molecule has 0 fully saturated rings. The van der Waals surface area contributed by atoms with Crippen molar-refractivity contribution in [1.29, 1.82) is 0 Å². The van der Waals surface area contributed by atoms with Gasteiger partial charge in [0.15, 0.2) is 10.9 Å². The number of ether oxygens (including phenoxy) is 1. The third-order valence-corrected chi connectivity index (χ3v) is 5.09. The number of thiazole rings is 1. The highest BCUT2D eigenvalue weighted by Gasteiger charge is 2.17. The van der Waals surface area contributed by atoms with Gasteiger partial charge < -0.3 is 10.1 Å². The smallest absolute Gasteiger partial charge is 0.226 e. The van der Waals surface area contributed by atoms with Crippen molar-refractivity contribution in [2.75, 3.05) is 12.4 Å². The van der Waals surface area contributed by atoms with E-state index < -0.39 is 0 Å². The van der Waals surface area contributed by atoms with Crippen molar-refractivity contribution < 1.29 is 14.3 Å². The lowest BCUT2D eigenvalue weighted by Gasteiger charge is -2.04. The van der Waals surface area contributed by atoms with Crippen LogP contribution in [0, 0.1) is 0 Å². The fraction of sp³-hybridized carbons (Fsp3) is 0.190. The molecule has 0 bridgehead atoms. The van der Waals surface area contributed by atoms with E-state index in [2.05, 4.69) is 10.3 Å².